The molecule has 0 aromatic heterocycles. The van der Waals surface area contributed by atoms with Crippen molar-refractivity contribution < 1.29 is 22.8 Å². The van der Waals surface area contributed by atoms with Gasteiger partial charge in [0.2, 0.25) is 5.91 Å². The van der Waals surface area contributed by atoms with Gasteiger partial charge in [0.05, 0.1) is 17.1 Å². The van der Waals surface area contributed by atoms with Crippen LogP contribution >= 0.6 is 11.6 Å². The second-order valence-corrected chi connectivity index (χ2v) is 6.81. The van der Waals surface area contributed by atoms with Gasteiger partial charge >= 0.3 is 0 Å². The van der Waals surface area contributed by atoms with Gasteiger partial charge in [-0.1, -0.05) is 11.6 Å². The number of rotatable bonds is 4. The SMILES string of the molecule is O=C(CN1CCN(C(=O)c2ccc(F)cc2Cl)CC1)Nc1cc(F)cc(F)c1. The molecule has 2 aromatic rings. The van der Waals surface area contributed by atoms with Crippen molar-refractivity contribution in [3.63, 3.8) is 0 Å². The van der Waals surface area contributed by atoms with E-state index in [1.807, 2.05) is 4.90 Å². The number of hydrogen-bond donors (Lipinski definition) is 1. The number of halogens is 4. The van der Waals surface area contributed by atoms with Crippen molar-refractivity contribution in [2.45, 2.75) is 0 Å². The molecule has 1 N–H and O–H groups in total. The molecule has 2 amide bonds. The Balaban J connectivity index is 1.52. The van der Waals surface area contributed by atoms with Crippen LogP contribution in [0.4, 0.5) is 18.9 Å². The summed E-state index contributed by atoms with van der Waals surface area (Å²) < 4.78 is 39.5. The van der Waals surface area contributed by atoms with Crippen molar-refractivity contribution in [1.82, 2.24) is 9.80 Å². The Morgan fingerprint density at radius 1 is 0.929 bits per heavy atom. The second-order valence-electron chi connectivity index (χ2n) is 6.40. The fourth-order valence-electron chi connectivity index (χ4n) is 2.97. The average molecular weight is 412 g/mol. The predicted octanol–water partition coefficient (Wildman–Crippen LogP) is 3.15. The zero-order valence-corrected chi connectivity index (χ0v) is 15.5. The first-order valence-corrected chi connectivity index (χ1v) is 8.92. The third-order valence-corrected chi connectivity index (χ3v) is 4.65. The van der Waals surface area contributed by atoms with Gasteiger partial charge in [-0.3, -0.25) is 14.5 Å². The number of benzene rings is 2. The van der Waals surface area contributed by atoms with Gasteiger partial charge in [-0.2, -0.15) is 0 Å². The first-order valence-electron chi connectivity index (χ1n) is 8.54. The molecule has 0 unspecified atom stereocenters. The van der Waals surface area contributed by atoms with E-state index >= 15 is 0 Å². The summed E-state index contributed by atoms with van der Waals surface area (Å²) >= 11 is 5.94. The molecule has 1 heterocycles. The molecule has 148 valence electrons. The summed E-state index contributed by atoms with van der Waals surface area (Å²) in [4.78, 5) is 28.0. The molecule has 0 bridgehead atoms. The zero-order valence-electron chi connectivity index (χ0n) is 14.7. The number of anilines is 1. The number of carbonyl (C=O) groups is 2. The molecule has 1 fully saturated rings. The van der Waals surface area contributed by atoms with Gasteiger partial charge < -0.3 is 10.2 Å². The first-order chi connectivity index (χ1) is 13.3. The van der Waals surface area contributed by atoms with Crippen molar-refractivity contribution in [2.24, 2.45) is 0 Å². The maximum Gasteiger partial charge on any atom is 0.255 e. The van der Waals surface area contributed by atoms with Gasteiger partial charge in [-0.05, 0) is 30.3 Å². The summed E-state index contributed by atoms with van der Waals surface area (Å²) in [7, 11) is 0. The van der Waals surface area contributed by atoms with E-state index < -0.39 is 23.4 Å². The van der Waals surface area contributed by atoms with Gasteiger partial charge in [-0.25, -0.2) is 13.2 Å². The topological polar surface area (TPSA) is 52.7 Å². The van der Waals surface area contributed by atoms with E-state index in [1.54, 1.807) is 4.90 Å². The first kappa shape index (κ1) is 20.2. The van der Waals surface area contributed by atoms with E-state index in [4.69, 9.17) is 11.6 Å². The van der Waals surface area contributed by atoms with Crippen molar-refractivity contribution in [1.29, 1.82) is 0 Å². The van der Waals surface area contributed by atoms with Crippen LogP contribution in [-0.2, 0) is 4.79 Å². The molecule has 0 saturated carbocycles. The molecule has 0 atom stereocenters. The summed E-state index contributed by atoms with van der Waals surface area (Å²) in [6.45, 7) is 1.64. The molecule has 0 aliphatic carbocycles. The largest absolute Gasteiger partial charge is 0.336 e. The highest BCUT2D eigenvalue weighted by Gasteiger charge is 2.24. The number of carbonyl (C=O) groups excluding carboxylic acids is 2. The van der Waals surface area contributed by atoms with Crippen LogP contribution < -0.4 is 5.32 Å². The van der Waals surface area contributed by atoms with E-state index in [9.17, 15) is 22.8 Å². The minimum Gasteiger partial charge on any atom is -0.336 e. The summed E-state index contributed by atoms with van der Waals surface area (Å²) in [5.41, 5.74) is 0.268. The molecule has 2 aromatic carbocycles. The van der Waals surface area contributed by atoms with Gasteiger partial charge in [0.1, 0.15) is 17.5 Å². The van der Waals surface area contributed by atoms with Crippen LogP contribution in [0.5, 0.6) is 0 Å². The Hall–Kier alpha value is -2.58. The molecule has 9 heteroatoms. The lowest BCUT2D eigenvalue weighted by molar-refractivity contribution is -0.117. The van der Waals surface area contributed by atoms with Crippen molar-refractivity contribution in [2.75, 3.05) is 38.0 Å². The molecular formula is C19H17ClF3N3O2. The summed E-state index contributed by atoms with van der Waals surface area (Å²) in [6.07, 6.45) is 0. The van der Waals surface area contributed by atoms with E-state index in [1.165, 1.54) is 12.1 Å². The fourth-order valence-corrected chi connectivity index (χ4v) is 3.22. The van der Waals surface area contributed by atoms with Crippen LogP contribution in [-0.4, -0.2) is 54.3 Å². The van der Waals surface area contributed by atoms with Gasteiger partial charge in [0.25, 0.3) is 5.91 Å². The molecule has 28 heavy (non-hydrogen) atoms. The summed E-state index contributed by atoms with van der Waals surface area (Å²) in [5.74, 6) is -2.78. The van der Waals surface area contributed by atoms with Gasteiger partial charge in [0.15, 0.2) is 0 Å². The highest BCUT2D eigenvalue weighted by atomic mass is 35.5. The number of amides is 2. The van der Waals surface area contributed by atoms with Crippen LogP contribution in [0.15, 0.2) is 36.4 Å². The third kappa shape index (κ3) is 5.02. The number of nitrogens with zero attached hydrogens (tertiary/aromatic N) is 2. The minimum atomic E-state index is -0.776. The maximum atomic E-state index is 13.2. The second kappa shape index (κ2) is 8.62. The molecule has 1 saturated heterocycles. The van der Waals surface area contributed by atoms with E-state index in [-0.39, 0.29) is 28.7 Å². The third-order valence-electron chi connectivity index (χ3n) is 4.33. The van der Waals surface area contributed by atoms with E-state index in [2.05, 4.69) is 5.32 Å². The van der Waals surface area contributed by atoms with Gasteiger partial charge in [-0.15, -0.1) is 0 Å². The number of piperazine rings is 1. The number of nitrogens with one attached hydrogen (secondary N) is 1. The lowest BCUT2D eigenvalue weighted by Gasteiger charge is -2.34. The molecule has 1 aliphatic heterocycles. The fraction of sp³-hybridized carbons (Fsp3) is 0.263. The smallest absolute Gasteiger partial charge is 0.255 e. The highest BCUT2D eigenvalue weighted by Crippen LogP contribution is 2.20. The Bertz CT molecular complexity index is 882. The lowest BCUT2D eigenvalue weighted by Crippen LogP contribution is -2.50. The quantitative estimate of drug-likeness (QED) is 0.841. The van der Waals surface area contributed by atoms with Crippen LogP contribution in [0, 0.1) is 17.5 Å². The molecule has 0 radical (unpaired) electrons. The standard InChI is InChI=1S/C19H17ClF3N3O2/c20-17-10-12(21)1-2-16(17)19(28)26-5-3-25(4-6-26)11-18(27)24-15-8-13(22)7-14(23)9-15/h1-2,7-10H,3-6,11H2,(H,24,27). The molecule has 0 spiro atoms. The Morgan fingerprint density at radius 3 is 2.18 bits per heavy atom. The van der Waals surface area contributed by atoms with Gasteiger partial charge in [0, 0.05) is 37.9 Å². The maximum absolute atomic E-state index is 13.2. The Morgan fingerprint density at radius 2 is 1.57 bits per heavy atom. The van der Waals surface area contributed by atoms with E-state index in [0.717, 1.165) is 24.3 Å². The molecule has 5 nitrogen and oxygen atoms in total. The van der Waals surface area contributed by atoms with Crippen LogP contribution in [0.25, 0.3) is 0 Å². The summed E-state index contributed by atoms with van der Waals surface area (Å²) in [5, 5.41) is 2.50. The lowest BCUT2D eigenvalue weighted by atomic mass is 10.1. The van der Waals surface area contributed by atoms with Crippen molar-refractivity contribution >= 4 is 29.1 Å². The van der Waals surface area contributed by atoms with Crippen LogP contribution in [0.1, 0.15) is 10.4 Å². The molecule has 3 rings (SSSR count). The predicted molar refractivity (Wildman–Crippen MR) is 98.7 cm³/mol. The average Bonchev–Trinajstić information content (AvgIpc) is 2.61. The zero-order chi connectivity index (χ0) is 20.3. The van der Waals surface area contributed by atoms with Crippen LogP contribution in [0.3, 0.4) is 0 Å². The van der Waals surface area contributed by atoms with E-state index in [0.29, 0.717) is 26.2 Å². The highest BCUT2D eigenvalue weighted by molar-refractivity contribution is 6.33. The van der Waals surface area contributed by atoms with Crippen molar-refractivity contribution in [3.05, 3.63) is 64.4 Å². The van der Waals surface area contributed by atoms with Crippen LogP contribution in [0.2, 0.25) is 5.02 Å². The monoisotopic (exact) mass is 411 g/mol. The normalized spacial score (nSPS) is 14.8. The minimum absolute atomic E-state index is 0.0253. The Kier molecular flexibility index (Phi) is 6.21. The summed E-state index contributed by atoms with van der Waals surface area (Å²) in [6, 6.07) is 6.39. The number of hydrogen-bond acceptors (Lipinski definition) is 3. The molecular weight excluding hydrogens is 395 g/mol. The molecule has 1 aliphatic rings. The van der Waals surface area contributed by atoms with Crippen molar-refractivity contribution in [3.8, 4) is 0 Å². The Labute approximate surface area is 164 Å².